The van der Waals surface area contributed by atoms with Gasteiger partial charge in [0, 0.05) is 12.5 Å². The number of urea groups is 1. The number of carboxylic acid groups (broad SMARTS) is 2. The Morgan fingerprint density at radius 1 is 1.29 bits per heavy atom. The Labute approximate surface area is 121 Å². The van der Waals surface area contributed by atoms with Crippen LogP contribution in [0.3, 0.4) is 0 Å². The van der Waals surface area contributed by atoms with Gasteiger partial charge in [0.1, 0.15) is 11.8 Å². The molecule has 0 saturated heterocycles. The molecular formula is C13H18N2O6. The number of nitrogens with one attached hydrogen (secondary N) is 2. The Morgan fingerprint density at radius 3 is 2.52 bits per heavy atom. The number of hydrogen-bond donors (Lipinski definition) is 4. The van der Waals surface area contributed by atoms with Crippen molar-refractivity contribution >= 4 is 18.0 Å². The van der Waals surface area contributed by atoms with Gasteiger partial charge in [0.05, 0.1) is 12.7 Å². The number of aliphatic carboxylic acids is 2. The highest BCUT2D eigenvalue weighted by Crippen LogP contribution is 2.05. The quantitative estimate of drug-likeness (QED) is 0.562. The summed E-state index contributed by atoms with van der Waals surface area (Å²) in [4.78, 5) is 32.9. The summed E-state index contributed by atoms with van der Waals surface area (Å²) in [5, 5.41) is 22.1. The van der Waals surface area contributed by atoms with Gasteiger partial charge in [-0.25, -0.2) is 9.59 Å². The van der Waals surface area contributed by atoms with Gasteiger partial charge in [-0.3, -0.25) is 4.79 Å². The molecule has 0 spiro atoms. The van der Waals surface area contributed by atoms with Crippen LogP contribution in [0, 0.1) is 0 Å². The Bertz CT molecular complexity index is 485. The predicted molar refractivity (Wildman–Crippen MR) is 71.8 cm³/mol. The first kappa shape index (κ1) is 16.5. The highest BCUT2D eigenvalue weighted by molar-refractivity contribution is 5.86. The Hall–Kier alpha value is -2.51. The number of carbonyl (C=O) groups is 3. The Balaban J connectivity index is 2.36. The minimum absolute atomic E-state index is 0.214. The van der Waals surface area contributed by atoms with E-state index in [9.17, 15) is 14.4 Å². The molecule has 4 N–H and O–H groups in total. The van der Waals surface area contributed by atoms with E-state index in [4.69, 9.17) is 14.6 Å². The summed E-state index contributed by atoms with van der Waals surface area (Å²) in [6.07, 6.45) is 2.12. The highest BCUT2D eigenvalue weighted by atomic mass is 16.4. The van der Waals surface area contributed by atoms with Crippen LogP contribution in [0.15, 0.2) is 22.8 Å². The van der Waals surface area contributed by atoms with Crippen molar-refractivity contribution in [1.29, 1.82) is 0 Å². The van der Waals surface area contributed by atoms with Crippen LogP contribution in [-0.2, 0) is 16.0 Å². The van der Waals surface area contributed by atoms with Gasteiger partial charge in [0.25, 0.3) is 0 Å². The van der Waals surface area contributed by atoms with Crippen molar-refractivity contribution in [1.82, 2.24) is 10.6 Å². The number of rotatable bonds is 8. The third-order valence-electron chi connectivity index (χ3n) is 2.76. The maximum atomic E-state index is 11.6. The van der Waals surface area contributed by atoms with Crippen molar-refractivity contribution in [2.45, 2.75) is 38.3 Å². The zero-order valence-electron chi connectivity index (χ0n) is 11.5. The SMILES string of the molecule is CC(CCc1ccco1)NC(=O)N[C@@H](CC(=O)O)C(=O)O. The van der Waals surface area contributed by atoms with Crippen LogP contribution in [0.25, 0.3) is 0 Å². The van der Waals surface area contributed by atoms with E-state index in [2.05, 4.69) is 10.6 Å². The van der Waals surface area contributed by atoms with Crippen LogP contribution < -0.4 is 10.6 Å². The van der Waals surface area contributed by atoms with Crippen molar-refractivity contribution in [2.24, 2.45) is 0 Å². The minimum atomic E-state index is -1.46. The average molecular weight is 298 g/mol. The van der Waals surface area contributed by atoms with Crippen LogP contribution >= 0.6 is 0 Å². The van der Waals surface area contributed by atoms with Crippen LogP contribution in [0.4, 0.5) is 4.79 Å². The molecule has 2 atom stereocenters. The van der Waals surface area contributed by atoms with Gasteiger partial charge in [-0.1, -0.05) is 0 Å². The van der Waals surface area contributed by atoms with Gasteiger partial charge in [-0.2, -0.15) is 0 Å². The van der Waals surface area contributed by atoms with Crippen LogP contribution in [-0.4, -0.2) is 40.3 Å². The molecular weight excluding hydrogens is 280 g/mol. The summed E-state index contributed by atoms with van der Waals surface area (Å²) < 4.78 is 5.16. The summed E-state index contributed by atoms with van der Waals surface area (Å²) in [7, 11) is 0. The number of furan rings is 1. The largest absolute Gasteiger partial charge is 0.481 e. The van der Waals surface area contributed by atoms with E-state index in [1.54, 1.807) is 19.3 Å². The smallest absolute Gasteiger partial charge is 0.326 e. The monoisotopic (exact) mass is 298 g/mol. The molecule has 8 nitrogen and oxygen atoms in total. The molecule has 1 rings (SSSR count). The second kappa shape index (κ2) is 7.93. The molecule has 2 amide bonds. The van der Waals surface area contributed by atoms with E-state index in [0.29, 0.717) is 12.8 Å². The van der Waals surface area contributed by atoms with Crippen molar-refractivity contribution in [2.75, 3.05) is 0 Å². The van der Waals surface area contributed by atoms with Crippen molar-refractivity contribution in [3.63, 3.8) is 0 Å². The lowest BCUT2D eigenvalue weighted by Crippen LogP contribution is -2.49. The summed E-state index contributed by atoms with van der Waals surface area (Å²) >= 11 is 0. The fraction of sp³-hybridized carbons (Fsp3) is 0.462. The molecule has 116 valence electrons. The second-order valence-corrected chi connectivity index (χ2v) is 4.63. The summed E-state index contributed by atoms with van der Waals surface area (Å²) in [5.41, 5.74) is 0. The first-order valence-corrected chi connectivity index (χ1v) is 6.42. The molecule has 1 aromatic rings. The van der Waals surface area contributed by atoms with Crippen LogP contribution in [0.1, 0.15) is 25.5 Å². The molecule has 1 heterocycles. The topological polar surface area (TPSA) is 129 Å². The average Bonchev–Trinajstić information content (AvgIpc) is 2.87. The predicted octanol–water partition coefficient (Wildman–Crippen LogP) is 0.828. The summed E-state index contributed by atoms with van der Waals surface area (Å²) in [6, 6.07) is 1.20. The highest BCUT2D eigenvalue weighted by Gasteiger charge is 2.23. The van der Waals surface area contributed by atoms with Gasteiger partial charge >= 0.3 is 18.0 Å². The molecule has 0 radical (unpaired) electrons. The standard InChI is InChI=1S/C13H18N2O6/c1-8(4-5-9-3-2-6-21-9)14-13(20)15-10(12(18)19)7-11(16)17/h2-3,6,8,10H,4-5,7H2,1H3,(H,16,17)(H,18,19)(H2,14,15,20)/t8?,10-/m0/s1. The van der Waals surface area contributed by atoms with Gasteiger partial charge < -0.3 is 25.3 Å². The lowest BCUT2D eigenvalue weighted by atomic mass is 10.1. The van der Waals surface area contributed by atoms with E-state index >= 15 is 0 Å². The molecule has 1 unspecified atom stereocenters. The molecule has 0 aliphatic heterocycles. The third-order valence-corrected chi connectivity index (χ3v) is 2.76. The minimum Gasteiger partial charge on any atom is -0.481 e. The molecule has 8 heteroatoms. The van der Waals surface area contributed by atoms with Gasteiger partial charge in [0.2, 0.25) is 0 Å². The third kappa shape index (κ3) is 6.46. The normalized spacial score (nSPS) is 13.2. The number of carboxylic acids is 2. The fourth-order valence-electron chi connectivity index (χ4n) is 1.68. The molecule has 1 aromatic heterocycles. The molecule has 0 aliphatic rings. The van der Waals surface area contributed by atoms with E-state index in [-0.39, 0.29) is 6.04 Å². The fourth-order valence-corrected chi connectivity index (χ4v) is 1.68. The van der Waals surface area contributed by atoms with Gasteiger partial charge in [-0.15, -0.1) is 0 Å². The summed E-state index contributed by atoms with van der Waals surface area (Å²) in [6.45, 7) is 1.76. The lowest BCUT2D eigenvalue weighted by Gasteiger charge is -2.17. The Kier molecular flexibility index (Phi) is 6.25. The Morgan fingerprint density at radius 2 is 2.00 bits per heavy atom. The second-order valence-electron chi connectivity index (χ2n) is 4.63. The van der Waals surface area contributed by atoms with Crippen molar-refractivity contribution in [3.8, 4) is 0 Å². The molecule has 0 saturated carbocycles. The first-order chi connectivity index (χ1) is 9.88. The zero-order valence-corrected chi connectivity index (χ0v) is 11.5. The maximum absolute atomic E-state index is 11.6. The van der Waals surface area contributed by atoms with Gasteiger partial charge in [-0.05, 0) is 25.5 Å². The molecule has 0 aliphatic carbocycles. The lowest BCUT2D eigenvalue weighted by molar-refractivity contribution is -0.145. The van der Waals surface area contributed by atoms with Crippen LogP contribution in [0.5, 0.6) is 0 Å². The van der Waals surface area contributed by atoms with Crippen molar-refractivity contribution < 1.29 is 29.0 Å². The summed E-state index contributed by atoms with van der Waals surface area (Å²) in [5.74, 6) is -1.90. The molecule has 0 aromatic carbocycles. The molecule has 0 fully saturated rings. The molecule has 0 bridgehead atoms. The number of carbonyl (C=O) groups excluding carboxylic acids is 1. The zero-order chi connectivity index (χ0) is 15.8. The van der Waals surface area contributed by atoms with Crippen LogP contribution in [0.2, 0.25) is 0 Å². The number of amides is 2. The number of hydrogen-bond acceptors (Lipinski definition) is 4. The molecule has 21 heavy (non-hydrogen) atoms. The number of aryl methyl sites for hydroxylation is 1. The van der Waals surface area contributed by atoms with E-state index in [1.807, 2.05) is 6.07 Å². The van der Waals surface area contributed by atoms with E-state index in [0.717, 1.165) is 5.76 Å². The first-order valence-electron chi connectivity index (χ1n) is 6.42. The van der Waals surface area contributed by atoms with Gasteiger partial charge in [0.15, 0.2) is 0 Å². The van der Waals surface area contributed by atoms with Crippen molar-refractivity contribution in [3.05, 3.63) is 24.2 Å². The van der Waals surface area contributed by atoms with E-state index in [1.165, 1.54) is 0 Å². The van der Waals surface area contributed by atoms with E-state index < -0.39 is 30.4 Å². The maximum Gasteiger partial charge on any atom is 0.326 e.